The lowest BCUT2D eigenvalue weighted by atomic mass is 10.1. The number of halogens is 1. The molecule has 0 saturated heterocycles. The Labute approximate surface area is 122 Å². The topological polar surface area (TPSA) is 62.2 Å². The third-order valence-electron chi connectivity index (χ3n) is 3.16. The van der Waals surface area contributed by atoms with Crippen molar-refractivity contribution >= 4 is 17.5 Å². The van der Waals surface area contributed by atoms with Gasteiger partial charge in [0.15, 0.2) is 0 Å². The molecule has 0 aliphatic rings. The SMILES string of the molecule is CCCc1cc(C(=O)O)cc(Nc2cccc(F)c2C)n1. The van der Waals surface area contributed by atoms with Gasteiger partial charge < -0.3 is 10.4 Å². The molecule has 1 aromatic heterocycles. The van der Waals surface area contributed by atoms with Crippen molar-refractivity contribution in [3.63, 3.8) is 0 Å². The monoisotopic (exact) mass is 288 g/mol. The highest BCUT2D eigenvalue weighted by Gasteiger charge is 2.10. The number of benzene rings is 1. The summed E-state index contributed by atoms with van der Waals surface area (Å²) in [6, 6.07) is 7.72. The molecule has 1 aromatic carbocycles. The molecule has 2 rings (SSSR count). The largest absolute Gasteiger partial charge is 0.478 e. The van der Waals surface area contributed by atoms with Gasteiger partial charge in [0.1, 0.15) is 11.6 Å². The first-order valence-electron chi connectivity index (χ1n) is 6.77. The van der Waals surface area contributed by atoms with Crippen LogP contribution < -0.4 is 5.32 Å². The van der Waals surface area contributed by atoms with Crippen molar-refractivity contribution in [3.8, 4) is 0 Å². The Bertz CT molecular complexity index is 671. The maximum atomic E-state index is 13.5. The van der Waals surface area contributed by atoms with Gasteiger partial charge in [-0.15, -0.1) is 0 Å². The Balaban J connectivity index is 2.38. The summed E-state index contributed by atoms with van der Waals surface area (Å²) in [5.74, 6) is -0.913. The maximum absolute atomic E-state index is 13.5. The van der Waals surface area contributed by atoms with Gasteiger partial charge in [-0.1, -0.05) is 19.4 Å². The van der Waals surface area contributed by atoms with Gasteiger partial charge >= 0.3 is 5.97 Å². The molecule has 110 valence electrons. The van der Waals surface area contributed by atoms with E-state index in [9.17, 15) is 9.18 Å². The molecule has 0 spiro atoms. The number of nitrogens with zero attached hydrogens (tertiary/aromatic N) is 1. The fourth-order valence-electron chi connectivity index (χ4n) is 2.04. The maximum Gasteiger partial charge on any atom is 0.335 e. The van der Waals surface area contributed by atoms with Crippen LogP contribution in [0.25, 0.3) is 0 Å². The van der Waals surface area contributed by atoms with Crippen molar-refractivity contribution in [2.45, 2.75) is 26.7 Å². The zero-order chi connectivity index (χ0) is 15.4. The number of nitrogens with one attached hydrogen (secondary N) is 1. The van der Waals surface area contributed by atoms with Crippen LogP contribution in [0.1, 0.15) is 35.0 Å². The lowest BCUT2D eigenvalue weighted by molar-refractivity contribution is 0.0696. The van der Waals surface area contributed by atoms with Gasteiger partial charge in [-0.05, 0) is 37.6 Å². The molecule has 2 aromatic rings. The molecule has 0 radical (unpaired) electrons. The van der Waals surface area contributed by atoms with Crippen LogP contribution in [0.3, 0.4) is 0 Å². The van der Waals surface area contributed by atoms with E-state index in [1.165, 1.54) is 12.1 Å². The summed E-state index contributed by atoms with van der Waals surface area (Å²) in [7, 11) is 0. The molecular formula is C16H17FN2O2. The van der Waals surface area contributed by atoms with E-state index in [0.29, 0.717) is 29.2 Å². The molecule has 0 fully saturated rings. The number of hydrogen-bond donors (Lipinski definition) is 2. The van der Waals surface area contributed by atoms with E-state index in [2.05, 4.69) is 10.3 Å². The fourth-order valence-corrected chi connectivity index (χ4v) is 2.04. The van der Waals surface area contributed by atoms with Crippen LogP contribution in [0.2, 0.25) is 0 Å². The van der Waals surface area contributed by atoms with E-state index in [-0.39, 0.29) is 11.4 Å². The minimum absolute atomic E-state index is 0.171. The van der Waals surface area contributed by atoms with Crippen LogP contribution in [0, 0.1) is 12.7 Å². The minimum Gasteiger partial charge on any atom is -0.478 e. The lowest BCUT2D eigenvalue weighted by Gasteiger charge is -2.11. The average Bonchev–Trinajstić information content (AvgIpc) is 2.44. The Morgan fingerprint density at radius 2 is 2.14 bits per heavy atom. The lowest BCUT2D eigenvalue weighted by Crippen LogP contribution is -2.04. The van der Waals surface area contributed by atoms with Gasteiger partial charge in [0.25, 0.3) is 0 Å². The second kappa shape index (κ2) is 6.35. The quantitative estimate of drug-likeness (QED) is 0.875. The van der Waals surface area contributed by atoms with Gasteiger partial charge in [0.05, 0.1) is 5.56 Å². The molecule has 0 bridgehead atoms. The molecule has 4 nitrogen and oxygen atoms in total. The first-order valence-corrected chi connectivity index (χ1v) is 6.77. The number of anilines is 2. The molecule has 21 heavy (non-hydrogen) atoms. The summed E-state index contributed by atoms with van der Waals surface area (Å²) in [6.07, 6.45) is 1.56. The standard InChI is InChI=1S/C16H17FN2O2/c1-3-5-12-8-11(16(20)21)9-15(18-12)19-14-7-4-6-13(17)10(14)2/h4,6-9H,3,5H2,1-2H3,(H,18,19)(H,20,21). The van der Waals surface area contributed by atoms with E-state index in [0.717, 1.165) is 6.42 Å². The van der Waals surface area contributed by atoms with Gasteiger partial charge in [-0.3, -0.25) is 0 Å². The highest BCUT2D eigenvalue weighted by atomic mass is 19.1. The van der Waals surface area contributed by atoms with Crippen molar-refractivity contribution in [2.24, 2.45) is 0 Å². The minimum atomic E-state index is -1.01. The van der Waals surface area contributed by atoms with Crippen LogP contribution in [0.15, 0.2) is 30.3 Å². The zero-order valence-electron chi connectivity index (χ0n) is 12.0. The second-order valence-electron chi connectivity index (χ2n) is 4.82. The van der Waals surface area contributed by atoms with E-state index < -0.39 is 5.97 Å². The molecule has 0 saturated carbocycles. The highest BCUT2D eigenvalue weighted by molar-refractivity contribution is 5.88. The Morgan fingerprint density at radius 3 is 2.81 bits per heavy atom. The van der Waals surface area contributed by atoms with Crippen molar-refractivity contribution in [1.29, 1.82) is 0 Å². The predicted molar refractivity (Wildman–Crippen MR) is 79.6 cm³/mol. The first-order chi connectivity index (χ1) is 10.0. The second-order valence-corrected chi connectivity index (χ2v) is 4.82. The summed E-state index contributed by atoms with van der Waals surface area (Å²) < 4.78 is 13.5. The van der Waals surface area contributed by atoms with Crippen LogP contribution in [-0.2, 0) is 6.42 Å². The van der Waals surface area contributed by atoms with Gasteiger partial charge in [-0.2, -0.15) is 0 Å². The fraction of sp³-hybridized carbons (Fsp3) is 0.250. The van der Waals surface area contributed by atoms with Gasteiger partial charge in [0, 0.05) is 16.9 Å². The number of carboxylic acids is 1. The Kier molecular flexibility index (Phi) is 4.52. The van der Waals surface area contributed by atoms with Crippen LogP contribution in [-0.4, -0.2) is 16.1 Å². The number of aryl methyl sites for hydroxylation is 1. The normalized spacial score (nSPS) is 10.4. The predicted octanol–water partition coefficient (Wildman–Crippen LogP) is 3.92. The van der Waals surface area contributed by atoms with E-state index in [1.807, 2.05) is 6.92 Å². The highest BCUT2D eigenvalue weighted by Crippen LogP contribution is 2.22. The van der Waals surface area contributed by atoms with Gasteiger partial charge in [0.2, 0.25) is 0 Å². The number of rotatable bonds is 5. The van der Waals surface area contributed by atoms with Crippen molar-refractivity contribution in [2.75, 3.05) is 5.32 Å². The zero-order valence-corrected chi connectivity index (χ0v) is 12.0. The molecule has 0 amide bonds. The first kappa shape index (κ1) is 15.0. The summed E-state index contributed by atoms with van der Waals surface area (Å²) in [4.78, 5) is 15.5. The number of carboxylic acid groups (broad SMARTS) is 1. The number of pyridine rings is 1. The Hall–Kier alpha value is -2.43. The molecular weight excluding hydrogens is 271 g/mol. The molecule has 0 atom stereocenters. The molecule has 5 heteroatoms. The average molecular weight is 288 g/mol. The molecule has 0 aliphatic carbocycles. The summed E-state index contributed by atoms with van der Waals surface area (Å²) in [5, 5.41) is 12.1. The number of carbonyl (C=O) groups is 1. The summed E-state index contributed by atoms with van der Waals surface area (Å²) in [6.45, 7) is 3.66. The van der Waals surface area contributed by atoms with Crippen LogP contribution >= 0.6 is 0 Å². The van der Waals surface area contributed by atoms with E-state index in [1.54, 1.807) is 25.1 Å². The molecule has 0 unspecified atom stereocenters. The van der Waals surface area contributed by atoms with E-state index >= 15 is 0 Å². The van der Waals surface area contributed by atoms with Gasteiger partial charge in [-0.25, -0.2) is 14.2 Å². The van der Waals surface area contributed by atoms with Crippen molar-refractivity contribution < 1.29 is 14.3 Å². The summed E-state index contributed by atoms with van der Waals surface area (Å²) >= 11 is 0. The molecule has 2 N–H and O–H groups in total. The van der Waals surface area contributed by atoms with E-state index in [4.69, 9.17) is 5.11 Å². The molecule has 1 heterocycles. The van der Waals surface area contributed by atoms with Crippen LogP contribution in [0.4, 0.5) is 15.9 Å². The van der Waals surface area contributed by atoms with Crippen molar-refractivity contribution in [1.82, 2.24) is 4.98 Å². The number of aromatic carboxylic acids is 1. The third kappa shape index (κ3) is 3.56. The summed E-state index contributed by atoms with van der Waals surface area (Å²) in [5.41, 5.74) is 1.92. The van der Waals surface area contributed by atoms with Crippen molar-refractivity contribution in [3.05, 3.63) is 53.0 Å². The van der Waals surface area contributed by atoms with Crippen LogP contribution in [0.5, 0.6) is 0 Å². The number of aromatic nitrogens is 1. The molecule has 0 aliphatic heterocycles. The smallest absolute Gasteiger partial charge is 0.335 e. The Morgan fingerprint density at radius 1 is 1.38 bits per heavy atom. The number of hydrogen-bond acceptors (Lipinski definition) is 3. The third-order valence-corrected chi connectivity index (χ3v) is 3.16.